The summed E-state index contributed by atoms with van der Waals surface area (Å²) in [5.41, 5.74) is 1.48. The van der Waals surface area contributed by atoms with Crippen LogP contribution in [0.25, 0.3) is 10.9 Å². The summed E-state index contributed by atoms with van der Waals surface area (Å²) in [7, 11) is 0. The zero-order valence-corrected chi connectivity index (χ0v) is 13.5. The van der Waals surface area contributed by atoms with Crippen LogP contribution in [0.2, 0.25) is 0 Å². The highest BCUT2D eigenvalue weighted by Gasteiger charge is 2.21. The first-order valence-electron chi connectivity index (χ1n) is 7.15. The van der Waals surface area contributed by atoms with Gasteiger partial charge in [-0.2, -0.15) is 5.26 Å². The van der Waals surface area contributed by atoms with Crippen molar-refractivity contribution in [3.8, 4) is 6.07 Å². The average Bonchev–Trinajstić information content (AvgIpc) is 3.20. The highest BCUT2D eigenvalue weighted by atomic mass is 32.1. The van der Waals surface area contributed by atoms with Crippen LogP contribution in [0.4, 0.5) is 5.00 Å². The molecule has 24 heavy (non-hydrogen) atoms. The van der Waals surface area contributed by atoms with Crippen molar-refractivity contribution in [1.29, 1.82) is 5.26 Å². The normalized spacial score (nSPS) is 11.7. The molecule has 0 fully saturated rings. The molecule has 1 atom stereocenters. The van der Waals surface area contributed by atoms with E-state index in [0.717, 1.165) is 10.9 Å². The minimum Gasteiger partial charge on any atom is -0.448 e. The quantitative estimate of drug-likeness (QED) is 0.713. The number of carbonyl (C=O) groups is 2. The van der Waals surface area contributed by atoms with Crippen molar-refractivity contribution in [2.75, 3.05) is 5.32 Å². The number of esters is 1. The molecule has 0 spiro atoms. The van der Waals surface area contributed by atoms with Crippen molar-refractivity contribution >= 4 is 39.1 Å². The van der Waals surface area contributed by atoms with Gasteiger partial charge in [-0.1, -0.05) is 18.2 Å². The van der Waals surface area contributed by atoms with Gasteiger partial charge < -0.3 is 15.0 Å². The number of amides is 1. The number of anilines is 1. The van der Waals surface area contributed by atoms with Gasteiger partial charge in [-0.3, -0.25) is 4.79 Å². The number of thiophene rings is 1. The number of H-pyrrole nitrogens is 1. The van der Waals surface area contributed by atoms with E-state index >= 15 is 0 Å². The van der Waals surface area contributed by atoms with Crippen molar-refractivity contribution in [1.82, 2.24) is 4.98 Å². The average molecular weight is 339 g/mol. The molecule has 3 aromatic rings. The maximum absolute atomic E-state index is 12.2. The Balaban J connectivity index is 1.67. The molecule has 3 rings (SSSR count). The largest absolute Gasteiger partial charge is 0.448 e. The van der Waals surface area contributed by atoms with Crippen LogP contribution in [0.5, 0.6) is 0 Å². The molecule has 2 N–H and O–H groups in total. The number of hydrogen-bond acceptors (Lipinski definition) is 5. The maximum Gasteiger partial charge on any atom is 0.355 e. The predicted molar refractivity (Wildman–Crippen MR) is 90.8 cm³/mol. The van der Waals surface area contributed by atoms with E-state index in [0.29, 0.717) is 10.6 Å². The van der Waals surface area contributed by atoms with Crippen molar-refractivity contribution in [2.45, 2.75) is 13.0 Å². The summed E-state index contributed by atoms with van der Waals surface area (Å²) in [5.74, 6) is -1.10. The van der Waals surface area contributed by atoms with E-state index in [1.807, 2.05) is 30.3 Å². The summed E-state index contributed by atoms with van der Waals surface area (Å²) >= 11 is 1.24. The van der Waals surface area contributed by atoms with E-state index in [4.69, 9.17) is 10.00 Å². The molecule has 0 aliphatic rings. The van der Waals surface area contributed by atoms with E-state index in [1.165, 1.54) is 18.3 Å². The molecule has 7 heteroatoms. The predicted octanol–water partition coefficient (Wildman–Crippen LogP) is 3.29. The van der Waals surface area contributed by atoms with Crippen LogP contribution in [0, 0.1) is 11.3 Å². The lowest BCUT2D eigenvalue weighted by atomic mass is 10.2. The van der Waals surface area contributed by atoms with E-state index in [2.05, 4.69) is 10.3 Å². The molecule has 0 aliphatic heterocycles. The Morgan fingerprint density at radius 3 is 2.88 bits per heavy atom. The van der Waals surface area contributed by atoms with E-state index in [1.54, 1.807) is 17.5 Å². The van der Waals surface area contributed by atoms with Gasteiger partial charge in [0.15, 0.2) is 6.10 Å². The highest BCUT2D eigenvalue weighted by molar-refractivity contribution is 7.14. The first-order valence-corrected chi connectivity index (χ1v) is 8.03. The van der Waals surface area contributed by atoms with Crippen LogP contribution in [0.3, 0.4) is 0 Å². The summed E-state index contributed by atoms with van der Waals surface area (Å²) in [6.07, 6.45) is -0.988. The fraction of sp³-hybridized carbons (Fsp3) is 0.118. The number of hydrogen-bond donors (Lipinski definition) is 2. The molecule has 0 unspecified atom stereocenters. The fourth-order valence-electron chi connectivity index (χ4n) is 2.17. The first-order chi connectivity index (χ1) is 11.6. The fourth-order valence-corrected chi connectivity index (χ4v) is 2.91. The zero-order chi connectivity index (χ0) is 17.1. The maximum atomic E-state index is 12.2. The number of nitrogens with zero attached hydrogens (tertiary/aromatic N) is 1. The molecule has 0 bridgehead atoms. The second-order valence-electron chi connectivity index (χ2n) is 5.08. The van der Waals surface area contributed by atoms with Crippen LogP contribution in [0.15, 0.2) is 41.8 Å². The van der Waals surface area contributed by atoms with E-state index in [9.17, 15) is 9.59 Å². The van der Waals surface area contributed by atoms with Gasteiger partial charge in [0.05, 0.1) is 5.56 Å². The second-order valence-corrected chi connectivity index (χ2v) is 6.00. The number of rotatable bonds is 4. The molecular formula is C17H13N3O3S. The smallest absolute Gasteiger partial charge is 0.355 e. The SMILES string of the molecule is C[C@H](OC(=O)c1cc2ccccc2[nH]1)C(=O)Nc1sccc1C#N. The molecular weight excluding hydrogens is 326 g/mol. The van der Waals surface area contributed by atoms with Gasteiger partial charge >= 0.3 is 5.97 Å². The van der Waals surface area contributed by atoms with E-state index < -0.39 is 18.0 Å². The molecule has 0 aliphatic carbocycles. The molecule has 0 saturated heterocycles. The van der Waals surface area contributed by atoms with Crippen LogP contribution < -0.4 is 5.32 Å². The van der Waals surface area contributed by atoms with Crippen LogP contribution in [-0.4, -0.2) is 23.0 Å². The van der Waals surface area contributed by atoms with Gasteiger partial charge in [0.2, 0.25) is 0 Å². The lowest BCUT2D eigenvalue weighted by molar-refractivity contribution is -0.123. The van der Waals surface area contributed by atoms with Gasteiger partial charge in [0, 0.05) is 10.9 Å². The number of nitriles is 1. The van der Waals surface area contributed by atoms with Crippen LogP contribution in [-0.2, 0) is 9.53 Å². The van der Waals surface area contributed by atoms with Gasteiger partial charge in [-0.05, 0) is 30.5 Å². The summed E-state index contributed by atoms with van der Waals surface area (Å²) < 4.78 is 5.19. The van der Waals surface area contributed by atoms with Crippen molar-refractivity contribution in [3.63, 3.8) is 0 Å². The Hall–Kier alpha value is -3.11. The molecule has 6 nitrogen and oxygen atoms in total. The number of benzene rings is 1. The molecule has 1 aromatic carbocycles. The third-order valence-electron chi connectivity index (χ3n) is 3.43. The third-order valence-corrected chi connectivity index (χ3v) is 4.26. The lowest BCUT2D eigenvalue weighted by Crippen LogP contribution is -2.30. The summed E-state index contributed by atoms with van der Waals surface area (Å²) in [6, 6.07) is 12.7. The summed E-state index contributed by atoms with van der Waals surface area (Å²) in [4.78, 5) is 27.2. The molecule has 2 heterocycles. The Bertz CT molecular complexity index is 918. The van der Waals surface area contributed by atoms with Crippen LogP contribution >= 0.6 is 11.3 Å². The Morgan fingerprint density at radius 2 is 2.12 bits per heavy atom. The van der Waals surface area contributed by atoms with Crippen LogP contribution in [0.1, 0.15) is 23.0 Å². The Labute approximate surface area is 141 Å². The van der Waals surface area contributed by atoms with Gasteiger partial charge in [0.25, 0.3) is 5.91 Å². The first kappa shape index (κ1) is 15.8. The molecule has 0 radical (unpaired) electrons. The minimum absolute atomic E-state index is 0.282. The minimum atomic E-state index is -0.988. The monoisotopic (exact) mass is 339 g/mol. The van der Waals surface area contributed by atoms with Crippen molar-refractivity contribution in [2.24, 2.45) is 0 Å². The van der Waals surface area contributed by atoms with Crippen molar-refractivity contribution < 1.29 is 14.3 Å². The van der Waals surface area contributed by atoms with Crippen molar-refractivity contribution in [3.05, 3.63) is 53.0 Å². The highest BCUT2D eigenvalue weighted by Crippen LogP contribution is 2.22. The number of carbonyl (C=O) groups excluding carboxylic acids is 2. The number of nitrogens with one attached hydrogen (secondary N) is 2. The Kier molecular flexibility index (Phi) is 4.31. The number of para-hydroxylation sites is 1. The van der Waals surface area contributed by atoms with E-state index in [-0.39, 0.29) is 5.69 Å². The number of aromatic nitrogens is 1. The number of ether oxygens (including phenoxy) is 1. The number of aromatic amines is 1. The van der Waals surface area contributed by atoms with Gasteiger partial charge in [-0.25, -0.2) is 4.79 Å². The lowest BCUT2D eigenvalue weighted by Gasteiger charge is -2.12. The zero-order valence-electron chi connectivity index (χ0n) is 12.7. The summed E-state index contributed by atoms with van der Waals surface area (Å²) in [6.45, 7) is 1.48. The second kappa shape index (κ2) is 6.56. The van der Waals surface area contributed by atoms with Gasteiger partial charge in [-0.15, -0.1) is 11.3 Å². The van der Waals surface area contributed by atoms with Gasteiger partial charge in [0.1, 0.15) is 16.8 Å². The molecule has 2 aromatic heterocycles. The third kappa shape index (κ3) is 3.14. The topological polar surface area (TPSA) is 95.0 Å². The number of fused-ring (bicyclic) bond motifs is 1. The Morgan fingerprint density at radius 1 is 1.33 bits per heavy atom. The molecule has 120 valence electrons. The molecule has 1 amide bonds. The summed E-state index contributed by atoms with van der Waals surface area (Å²) in [5, 5.41) is 14.6. The standard InChI is InChI=1S/C17H13N3O3S/c1-10(15(21)20-16-12(9-18)6-7-24-16)23-17(22)14-8-11-4-2-3-5-13(11)19-14/h2-8,10,19H,1H3,(H,20,21)/t10-/m0/s1. The molecule has 0 saturated carbocycles.